The summed E-state index contributed by atoms with van der Waals surface area (Å²) in [5, 5.41) is 0.378. The SMILES string of the molecule is C=Cc1nc(Cl)cc(OCc2ccccc2)c1C=C. The van der Waals surface area contributed by atoms with Gasteiger partial charge >= 0.3 is 0 Å². The summed E-state index contributed by atoms with van der Waals surface area (Å²) in [5.74, 6) is 0.661. The molecule has 0 bridgehead atoms. The zero-order chi connectivity index (χ0) is 13.7. The van der Waals surface area contributed by atoms with Gasteiger partial charge in [0, 0.05) is 11.6 Å². The molecule has 1 heterocycles. The lowest BCUT2D eigenvalue weighted by Gasteiger charge is -2.11. The highest BCUT2D eigenvalue weighted by Gasteiger charge is 2.08. The molecule has 1 aromatic heterocycles. The molecule has 0 aliphatic heterocycles. The van der Waals surface area contributed by atoms with Crippen LogP contribution in [0, 0.1) is 0 Å². The minimum atomic E-state index is 0.378. The fraction of sp³-hybridized carbons (Fsp3) is 0.0625. The van der Waals surface area contributed by atoms with Crippen LogP contribution in [0.15, 0.2) is 49.6 Å². The molecule has 0 saturated carbocycles. The molecule has 0 aliphatic carbocycles. The van der Waals surface area contributed by atoms with Crippen LogP contribution in [0.2, 0.25) is 5.15 Å². The van der Waals surface area contributed by atoms with Gasteiger partial charge in [-0.3, -0.25) is 0 Å². The third kappa shape index (κ3) is 3.24. The zero-order valence-corrected chi connectivity index (χ0v) is 11.2. The summed E-state index contributed by atoms with van der Waals surface area (Å²) >= 11 is 5.97. The summed E-state index contributed by atoms with van der Waals surface area (Å²) in [6, 6.07) is 11.6. The fourth-order valence-corrected chi connectivity index (χ4v) is 1.93. The maximum absolute atomic E-state index is 5.97. The Hall–Kier alpha value is -2.06. The fourth-order valence-electron chi connectivity index (χ4n) is 1.74. The molecule has 3 heteroatoms. The van der Waals surface area contributed by atoms with Crippen LogP contribution in [0.4, 0.5) is 0 Å². The lowest BCUT2D eigenvalue weighted by molar-refractivity contribution is 0.305. The number of aromatic nitrogens is 1. The van der Waals surface area contributed by atoms with E-state index in [2.05, 4.69) is 18.1 Å². The Balaban J connectivity index is 2.27. The monoisotopic (exact) mass is 271 g/mol. The molecule has 0 fully saturated rings. The Morgan fingerprint density at radius 2 is 1.89 bits per heavy atom. The molecule has 0 spiro atoms. The highest BCUT2D eigenvalue weighted by Crippen LogP contribution is 2.27. The van der Waals surface area contributed by atoms with Gasteiger partial charge in [-0.1, -0.05) is 61.2 Å². The van der Waals surface area contributed by atoms with Crippen molar-refractivity contribution in [2.45, 2.75) is 6.61 Å². The Labute approximate surface area is 118 Å². The van der Waals surface area contributed by atoms with Crippen LogP contribution in [0.1, 0.15) is 16.8 Å². The van der Waals surface area contributed by atoms with Crippen LogP contribution in [0.25, 0.3) is 12.2 Å². The zero-order valence-electron chi connectivity index (χ0n) is 10.5. The van der Waals surface area contributed by atoms with Crippen LogP contribution < -0.4 is 4.74 Å². The van der Waals surface area contributed by atoms with Gasteiger partial charge < -0.3 is 4.74 Å². The van der Waals surface area contributed by atoms with E-state index in [1.54, 1.807) is 18.2 Å². The first-order valence-electron chi connectivity index (χ1n) is 5.86. The number of rotatable bonds is 5. The third-order valence-electron chi connectivity index (χ3n) is 2.65. The molecule has 0 unspecified atom stereocenters. The Morgan fingerprint density at radius 3 is 2.53 bits per heavy atom. The van der Waals surface area contributed by atoms with Crippen LogP contribution in [-0.4, -0.2) is 4.98 Å². The van der Waals surface area contributed by atoms with E-state index in [1.807, 2.05) is 30.3 Å². The van der Waals surface area contributed by atoms with Crippen molar-refractivity contribution in [3.05, 3.63) is 71.5 Å². The second-order valence-corrected chi connectivity index (χ2v) is 4.31. The predicted molar refractivity (Wildman–Crippen MR) is 80.2 cm³/mol. The smallest absolute Gasteiger partial charge is 0.133 e. The summed E-state index contributed by atoms with van der Waals surface area (Å²) in [5.41, 5.74) is 2.56. The van der Waals surface area contributed by atoms with E-state index in [4.69, 9.17) is 16.3 Å². The van der Waals surface area contributed by atoms with E-state index >= 15 is 0 Å². The summed E-state index contributed by atoms with van der Waals surface area (Å²) in [4.78, 5) is 4.17. The second-order valence-electron chi connectivity index (χ2n) is 3.92. The number of nitrogens with zero attached hydrogens (tertiary/aromatic N) is 1. The summed E-state index contributed by atoms with van der Waals surface area (Å²) in [6.45, 7) is 7.96. The van der Waals surface area contributed by atoms with Crippen LogP contribution in [0.5, 0.6) is 5.75 Å². The van der Waals surface area contributed by atoms with Crippen LogP contribution in [0.3, 0.4) is 0 Å². The molecule has 0 radical (unpaired) electrons. The lowest BCUT2D eigenvalue weighted by Crippen LogP contribution is -1.99. The molecule has 0 amide bonds. The van der Waals surface area contributed by atoms with E-state index in [9.17, 15) is 0 Å². The van der Waals surface area contributed by atoms with Gasteiger partial charge in [0.05, 0.1) is 5.69 Å². The van der Waals surface area contributed by atoms with Gasteiger partial charge in [-0.15, -0.1) is 0 Å². The quantitative estimate of drug-likeness (QED) is 0.742. The van der Waals surface area contributed by atoms with Crippen molar-refractivity contribution >= 4 is 23.8 Å². The molecule has 1 aromatic carbocycles. The number of hydrogen-bond acceptors (Lipinski definition) is 2. The van der Waals surface area contributed by atoms with Crippen molar-refractivity contribution < 1.29 is 4.74 Å². The topological polar surface area (TPSA) is 22.1 Å². The molecule has 0 saturated heterocycles. The third-order valence-corrected chi connectivity index (χ3v) is 2.85. The van der Waals surface area contributed by atoms with Crippen molar-refractivity contribution in [2.75, 3.05) is 0 Å². The maximum atomic E-state index is 5.97. The van der Waals surface area contributed by atoms with Crippen molar-refractivity contribution in [3.8, 4) is 5.75 Å². The van der Waals surface area contributed by atoms with Gasteiger partial charge in [0.25, 0.3) is 0 Å². The minimum Gasteiger partial charge on any atom is -0.488 e. The predicted octanol–water partition coefficient (Wildman–Crippen LogP) is 4.60. The minimum absolute atomic E-state index is 0.378. The van der Waals surface area contributed by atoms with Crippen LogP contribution >= 0.6 is 11.6 Å². The van der Waals surface area contributed by atoms with E-state index in [0.29, 0.717) is 23.2 Å². The lowest BCUT2D eigenvalue weighted by atomic mass is 10.1. The first kappa shape index (κ1) is 13.4. The average molecular weight is 272 g/mol. The van der Waals surface area contributed by atoms with Gasteiger partial charge in [0.2, 0.25) is 0 Å². The summed E-state index contributed by atoms with van der Waals surface area (Å²) in [7, 11) is 0. The second kappa shape index (κ2) is 6.21. The van der Waals surface area contributed by atoms with Crippen molar-refractivity contribution in [2.24, 2.45) is 0 Å². The largest absolute Gasteiger partial charge is 0.488 e. The van der Waals surface area contributed by atoms with Gasteiger partial charge in [0.1, 0.15) is 17.5 Å². The molecular formula is C16H14ClNO. The van der Waals surface area contributed by atoms with Gasteiger partial charge in [-0.2, -0.15) is 0 Å². The van der Waals surface area contributed by atoms with E-state index < -0.39 is 0 Å². The molecule has 2 aromatic rings. The molecule has 2 rings (SSSR count). The number of pyridine rings is 1. The molecule has 0 aliphatic rings. The van der Waals surface area contributed by atoms with E-state index in [-0.39, 0.29) is 0 Å². The highest BCUT2D eigenvalue weighted by atomic mass is 35.5. The highest BCUT2D eigenvalue weighted by molar-refractivity contribution is 6.29. The van der Waals surface area contributed by atoms with Gasteiger partial charge in [0.15, 0.2) is 0 Å². The molecule has 2 nitrogen and oxygen atoms in total. The van der Waals surface area contributed by atoms with Gasteiger partial charge in [-0.05, 0) is 11.6 Å². The Bertz CT molecular complexity index is 593. The van der Waals surface area contributed by atoms with Crippen molar-refractivity contribution in [3.63, 3.8) is 0 Å². The van der Waals surface area contributed by atoms with E-state index in [0.717, 1.165) is 11.1 Å². The van der Waals surface area contributed by atoms with E-state index in [1.165, 1.54) is 0 Å². The van der Waals surface area contributed by atoms with Crippen LogP contribution in [-0.2, 0) is 6.61 Å². The number of benzene rings is 1. The molecule has 0 atom stereocenters. The normalized spacial score (nSPS) is 9.95. The standard InChI is InChI=1S/C16H14ClNO/c1-3-13-14(4-2)18-16(17)10-15(13)19-11-12-8-6-5-7-9-12/h3-10H,1-2,11H2. The molecule has 0 N–H and O–H groups in total. The van der Waals surface area contributed by atoms with Gasteiger partial charge in [-0.25, -0.2) is 4.98 Å². The molecular weight excluding hydrogens is 258 g/mol. The van der Waals surface area contributed by atoms with Crippen molar-refractivity contribution in [1.29, 1.82) is 0 Å². The number of hydrogen-bond donors (Lipinski definition) is 0. The number of halogens is 1. The number of ether oxygens (including phenoxy) is 1. The maximum Gasteiger partial charge on any atom is 0.133 e. The molecule has 96 valence electrons. The first-order chi connectivity index (χ1) is 9.24. The first-order valence-corrected chi connectivity index (χ1v) is 6.24. The van der Waals surface area contributed by atoms with Crippen molar-refractivity contribution in [1.82, 2.24) is 4.98 Å². The summed E-state index contributed by atoms with van der Waals surface area (Å²) in [6.07, 6.45) is 3.33. The molecule has 19 heavy (non-hydrogen) atoms. The Morgan fingerprint density at radius 1 is 1.16 bits per heavy atom. The Kier molecular flexibility index (Phi) is 4.37. The summed E-state index contributed by atoms with van der Waals surface area (Å²) < 4.78 is 5.79. The average Bonchev–Trinajstić information content (AvgIpc) is 2.45.